The number of halogens is 2. The van der Waals surface area contributed by atoms with Crippen molar-refractivity contribution in [2.45, 2.75) is 51.5 Å². The average Bonchev–Trinajstić information content (AvgIpc) is 2.72. The molecule has 0 aromatic heterocycles. The van der Waals surface area contributed by atoms with E-state index < -0.39 is 0 Å². The smallest absolute Gasteiger partial charge is 0.0548 e. The van der Waals surface area contributed by atoms with Crippen LogP contribution in [-0.4, -0.2) is 6.54 Å². The molecule has 0 spiro atoms. The summed E-state index contributed by atoms with van der Waals surface area (Å²) in [6.07, 6.45) is 10.0. The first-order valence-corrected chi connectivity index (χ1v) is 8.76. The highest BCUT2D eigenvalue weighted by molar-refractivity contribution is 9.10. The van der Waals surface area contributed by atoms with Crippen LogP contribution in [0.15, 0.2) is 34.3 Å². The van der Waals surface area contributed by atoms with Crippen molar-refractivity contribution in [1.82, 2.24) is 5.32 Å². The maximum atomic E-state index is 6.12. The summed E-state index contributed by atoms with van der Waals surface area (Å²) in [7, 11) is 0. The fourth-order valence-corrected chi connectivity index (χ4v) is 3.26. The zero-order valence-corrected chi connectivity index (χ0v) is 14.4. The van der Waals surface area contributed by atoms with E-state index in [1.54, 1.807) is 5.57 Å². The second-order valence-corrected chi connectivity index (χ2v) is 6.70. The topological polar surface area (TPSA) is 12.0 Å². The first kappa shape index (κ1) is 16.1. The molecule has 1 aromatic carbocycles. The van der Waals surface area contributed by atoms with E-state index in [0.29, 0.717) is 6.04 Å². The maximum absolute atomic E-state index is 6.12. The Balaban J connectivity index is 2.25. The molecule has 0 bridgehead atoms. The first-order valence-electron chi connectivity index (χ1n) is 7.59. The van der Waals surface area contributed by atoms with E-state index in [-0.39, 0.29) is 0 Å². The van der Waals surface area contributed by atoms with E-state index in [1.165, 1.54) is 37.7 Å². The van der Waals surface area contributed by atoms with Crippen molar-refractivity contribution in [3.63, 3.8) is 0 Å². The molecule has 0 saturated carbocycles. The van der Waals surface area contributed by atoms with Gasteiger partial charge in [-0.2, -0.15) is 0 Å². The van der Waals surface area contributed by atoms with E-state index in [4.69, 9.17) is 11.6 Å². The average molecular weight is 357 g/mol. The lowest BCUT2D eigenvalue weighted by molar-refractivity contribution is 0.567. The van der Waals surface area contributed by atoms with Crippen molar-refractivity contribution in [3.05, 3.63) is 44.9 Å². The van der Waals surface area contributed by atoms with Gasteiger partial charge in [-0.3, -0.25) is 0 Å². The fraction of sp³-hybridized carbons (Fsp3) is 0.529. The SMILES string of the molecule is CCCNC(C1=CCCCCC1)c1ccc(Cl)c(Br)c1. The molecule has 0 fully saturated rings. The van der Waals surface area contributed by atoms with Crippen LogP contribution in [0.25, 0.3) is 0 Å². The number of benzene rings is 1. The monoisotopic (exact) mass is 355 g/mol. The van der Waals surface area contributed by atoms with Gasteiger partial charge in [0, 0.05) is 4.47 Å². The Morgan fingerprint density at radius 3 is 2.90 bits per heavy atom. The zero-order valence-electron chi connectivity index (χ0n) is 12.1. The summed E-state index contributed by atoms with van der Waals surface area (Å²) in [4.78, 5) is 0. The molecule has 1 atom stereocenters. The first-order chi connectivity index (χ1) is 9.72. The van der Waals surface area contributed by atoms with Gasteiger partial charge in [0.25, 0.3) is 0 Å². The number of allylic oxidation sites excluding steroid dienone is 1. The van der Waals surface area contributed by atoms with E-state index in [0.717, 1.165) is 22.5 Å². The standard InChI is InChI=1S/C17H23BrClN/c1-2-11-20-17(13-7-5-3-4-6-8-13)14-9-10-16(19)15(18)12-14/h7,9-10,12,17,20H,2-6,8,11H2,1H3. The van der Waals surface area contributed by atoms with Crippen molar-refractivity contribution >= 4 is 27.5 Å². The van der Waals surface area contributed by atoms with Gasteiger partial charge < -0.3 is 5.32 Å². The lowest BCUT2D eigenvalue weighted by Gasteiger charge is -2.22. The van der Waals surface area contributed by atoms with Gasteiger partial charge in [-0.15, -0.1) is 0 Å². The van der Waals surface area contributed by atoms with E-state index >= 15 is 0 Å². The number of hydrogen-bond acceptors (Lipinski definition) is 1. The molecule has 1 N–H and O–H groups in total. The van der Waals surface area contributed by atoms with Crippen molar-refractivity contribution in [3.8, 4) is 0 Å². The Labute approximate surface area is 135 Å². The molecule has 1 nitrogen and oxygen atoms in total. The van der Waals surface area contributed by atoms with Gasteiger partial charge >= 0.3 is 0 Å². The van der Waals surface area contributed by atoms with Crippen LogP contribution in [0.2, 0.25) is 5.02 Å². The van der Waals surface area contributed by atoms with Gasteiger partial charge in [-0.25, -0.2) is 0 Å². The van der Waals surface area contributed by atoms with Crippen LogP contribution >= 0.6 is 27.5 Å². The summed E-state index contributed by atoms with van der Waals surface area (Å²) in [5, 5.41) is 4.47. The minimum absolute atomic E-state index is 0.335. The van der Waals surface area contributed by atoms with E-state index in [1.807, 2.05) is 6.07 Å². The van der Waals surface area contributed by atoms with Crippen molar-refractivity contribution in [2.75, 3.05) is 6.54 Å². The molecular formula is C17H23BrClN. The fourth-order valence-electron chi connectivity index (χ4n) is 2.75. The quantitative estimate of drug-likeness (QED) is 0.635. The lowest BCUT2D eigenvalue weighted by atomic mass is 9.95. The Morgan fingerprint density at radius 1 is 1.30 bits per heavy atom. The predicted octanol–water partition coefficient (Wildman–Crippen LogP) is 6.03. The summed E-state index contributed by atoms with van der Waals surface area (Å²) in [5.41, 5.74) is 2.85. The largest absolute Gasteiger partial charge is 0.307 e. The summed E-state index contributed by atoms with van der Waals surface area (Å²) in [6, 6.07) is 6.62. The Hall–Kier alpha value is -0.310. The highest BCUT2D eigenvalue weighted by Gasteiger charge is 2.17. The minimum Gasteiger partial charge on any atom is -0.307 e. The van der Waals surface area contributed by atoms with Crippen LogP contribution in [0.1, 0.15) is 57.1 Å². The van der Waals surface area contributed by atoms with Crippen molar-refractivity contribution in [1.29, 1.82) is 0 Å². The summed E-state index contributed by atoms with van der Waals surface area (Å²) >= 11 is 9.66. The predicted molar refractivity (Wildman–Crippen MR) is 91.4 cm³/mol. The minimum atomic E-state index is 0.335. The van der Waals surface area contributed by atoms with Gasteiger partial charge in [0.15, 0.2) is 0 Å². The lowest BCUT2D eigenvalue weighted by Crippen LogP contribution is -2.24. The molecule has 0 aliphatic heterocycles. The van der Waals surface area contributed by atoms with Gasteiger partial charge in [0.05, 0.1) is 11.1 Å². The molecule has 1 unspecified atom stereocenters. The third-order valence-corrected chi connectivity index (χ3v) is 5.04. The molecule has 20 heavy (non-hydrogen) atoms. The second-order valence-electron chi connectivity index (χ2n) is 5.44. The molecular weight excluding hydrogens is 334 g/mol. The number of hydrogen-bond donors (Lipinski definition) is 1. The summed E-state index contributed by atoms with van der Waals surface area (Å²) in [5.74, 6) is 0. The second kappa shape index (κ2) is 8.21. The van der Waals surface area contributed by atoms with Crippen LogP contribution in [0.4, 0.5) is 0 Å². The van der Waals surface area contributed by atoms with Gasteiger partial charge in [-0.1, -0.05) is 42.7 Å². The summed E-state index contributed by atoms with van der Waals surface area (Å²) < 4.78 is 0.981. The van der Waals surface area contributed by atoms with Gasteiger partial charge in [0.2, 0.25) is 0 Å². The maximum Gasteiger partial charge on any atom is 0.0548 e. The summed E-state index contributed by atoms with van der Waals surface area (Å²) in [6.45, 7) is 3.26. The molecule has 2 rings (SSSR count). The van der Waals surface area contributed by atoms with Crippen molar-refractivity contribution < 1.29 is 0 Å². The molecule has 1 aliphatic rings. The highest BCUT2D eigenvalue weighted by atomic mass is 79.9. The van der Waals surface area contributed by atoms with Crippen LogP contribution in [-0.2, 0) is 0 Å². The molecule has 110 valence electrons. The molecule has 1 aromatic rings. The molecule has 0 heterocycles. The third kappa shape index (κ3) is 4.34. The zero-order chi connectivity index (χ0) is 14.4. The van der Waals surface area contributed by atoms with E-state index in [2.05, 4.69) is 46.4 Å². The normalized spacial score (nSPS) is 17.4. The Morgan fingerprint density at radius 2 is 2.15 bits per heavy atom. The van der Waals surface area contributed by atoms with Gasteiger partial charge in [-0.05, 0) is 72.3 Å². The Kier molecular flexibility index (Phi) is 6.60. The molecule has 0 amide bonds. The van der Waals surface area contributed by atoms with Crippen LogP contribution in [0.5, 0.6) is 0 Å². The third-order valence-electron chi connectivity index (χ3n) is 3.82. The molecule has 0 saturated heterocycles. The van der Waals surface area contributed by atoms with Gasteiger partial charge in [0.1, 0.15) is 0 Å². The van der Waals surface area contributed by atoms with E-state index in [9.17, 15) is 0 Å². The number of rotatable bonds is 5. The number of nitrogens with one attached hydrogen (secondary N) is 1. The van der Waals surface area contributed by atoms with Crippen LogP contribution in [0.3, 0.4) is 0 Å². The molecule has 3 heteroatoms. The molecule has 1 aliphatic carbocycles. The van der Waals surface area contributed by atoms with Crippen LogP contribution < -0.4 is 5.32 Å². The molecule has 0 radical (unpaired) electrons. The Bertz CT molecular complexity index is 470. The van der Waals surface area contributed by atoms with Crippen LogP contribution in [0, 0.1) is 0 Å². The van der Waals surface area contributed by atoms with Crippen molar-refractivity contribution in [2.24, 2.45) is 0 Å². The highest BCUT2D eigenvalue weighted by Crippen LogP contribution is 2.32.